The molecule has 2 heteroatoms. The van der Waals surface area contributed by atoms with Gasteiger partial charge in [0.15, 0.2) is 0 Å². The summed E-state index contributed by atoms with van der Waals surface area (Å²) in [6.45, 7) is 9.77. The lowest BCUT2D eigenvalue weighted by atomic mass is 9.85. The SMILES string of the molecule is CCCN1CCCC(O)(c2ccc(C)c(C)c2)CC1. The Bertz CT molecular complexity index is 429. The summed E-state index contributed by atoms with van der Waals surface area (Å²) in [5.41, 5.74) is 3.06. The van der Waals surface area contributed by atoms with Gasteiger partial charge in [-0.25, -0.2) is 0 Å². The van der Waals surface area contributed by atoms with Gasteiger partial charge in [-0.1, -0.05) is 25.1 Å². The molecule has 0 amide bonds. The number of benzene rings is 1. The monoisotopic (exact) mass is 261 g/mol. The zero-order valence-electron chi connectivity index (χ0n) is 12.6. The van der Waals surface area contributed by atoms with Crippen molar-refractivity contribution in [1.29, 1.82) is 0 Å². The lowest BCUT2D eigenvalue weighted by molar-refractivity contribution is 0.0212. The van der Waals surface area contributed by atoms with Crippen molar-refractivity contribution in [2.75, 3.05) is 19.6 Å². The molecule has 2 nitrogen and oxygen atoms in total. The Morgan fingerprint density at radius 3 is 2.63 bits per heavy atom. The summed E-state index contributed by atoms with van der Waals surface area (Å²) in [5, 5.41) is 11.0. The van der Waals surface area contributed by atoms with Gasteiger partial charge in [0.05, 0.1) is 5.60 Å². The Balaban J connectivity index is 2.15. The van der Waals surface area contributed by atoms with Crippen LogP contribution in [0.2, 0.25) is 0 Å². The highest BCUT2D eigenvalue weighted by Gasteiger charge is 2.31. The normalized spacial score (nSPS) is 25.3. The van der Waals surface area contributed by atoms with Crippen LogP contribution in [0.5, 0.6) is 0 Å². The molecule has 1 unspecified atom stereocenters. The summed E-state index contributed by atoms with van der Waals surface area (Å²) < 4.78 is 0. The summed E-state index contributed by atoms with van der Waals surface area (Å²) in [5.74, 6) is 0. The number of hydrogen-bond donors (Lipinski definition) is 1. The van der Waals surface area contributed by atoms with Gasteiger partial charge in [0, 0.05) is 6.54 Å². The first-order valence-electron chi connectivity index (χ1n) is 7.57. The van der Waals surface area contributed by atoms with Gasteiger partial charge in [0.1, 0.15) is 0 Å². The molecule has 0 aliphatic carbocycles. The number of rotatable bonds is 3. The van der Waals surface area contributed by atoms with Crippen molar-refractivity contribution >= 4 is 0 Å². The largest absolute Gasteiger partial charge is 0.385 e. The van der Waals surface area contributed by atoms with Gasteiger partial charge in [0.2, 0.25) is 0 Å². The minimum Gasteiger partial charge on any atom is -0.385 e. The molecule has 1 N–H and O–H groups in total. The second-order valence-electron chi connectivity index (χ2n) is 6.03. The van der Waals surface area contributed by atoms with Crippen LogP contribution in [0.25, 0.3) is 0 Å². The lowest BCUT2D eigenvalue weighted by Gasteiger charge is -2.28. The molecule has 0 saturated carbocycles. The minimum absolute atomic E-state index is 0.624. The van der Waals surface area contributed by atoms with E-state index in [0.29, 0.717) is 0 Å². The standard InChI is InChI=1S/C17H27NO/c1-4-10-18-11-5-8-17(19,9-12-18)16-7-6-14(2)15(3)13-16/h6-7,13,19H,4-5,8-12H2,1-3H3. The number of aliphatic hydroxyl groups is 1. The Morgan fingerprint density at radius 1 is 1.16 bits per heavy atom. The molecule has 106 valence electrons. The van der Waals surface area contributed by atoms with E-state index in [1.165, 1.54) is 17.5 Å². The fourth-order valence-corrected chi connectivity index (χ4v) is 3.03. The van der Waals surface area contributed by atoms with Crippen LogP contribution < -0.4 is 0 Å². The molecular weight excluding hydrogens is 234 g/mol. The summed E-state index contributed by atoms with van der Waals surface area (Å²) in [7, 11) is 0. The Labute approximate surface area is 117 Å². The molecule has 1 aliphatic rings. The maximum Gasteiger partial charge on any atom is 0.0909 e. The quantitative estimate of drug-likeness (QED) is 0.901. The molecule has 19 heavy (non-hydrogen) atoms. The van der Waals surface area contributed by atoms with E-state index in [9.17, 15) is 5.11 Å². The van der Waals surface area contributed by atoms with Gasteiger partial charge in [-0.2, -0.15) is 0 Å². The van der Waals surface area contributed by atoms with Gasteiger partial charge in [-0.15, -0.1) is 0 Å². The summed E-state index contributed by atoms with van der Waals surface area (Å²) in [6.07, 6.45) is 4.02. The van der Waals surface area contributed by atoms with E-state index < -0.39 is 5.60 Å². The second kappa shape index (κ2) is 6.06. The highest BCUT2D eigenvalue weighted by Crippen LogP contribution is 2.33. The molecule has 0 spiro atoms. The predicted molar refractivity (Wildman–Crippen MR) is 80.4 cm³/mol. The molecule has 2 rings (SSSR count). The van der Waals surface area contributed by atoms with Crippen molar-refractivity contribution in [2.45, 2.75) is 52.1 Å². The van der Waals surface area contributed by atoms with E-state index >= 15 is 0 Å². The molecule has 0 bridgehead atoms. The topological polar surface area (TPSA) is 23.5 Å². The molecule has 1 saturated heterocycles. The van der Waals surface area contributed by atoms with E-state index in [-0.39, 0.29) is 0 Å². The van der Waals surface area contributed by atoms with Crippen LogP contribution in [0, 0.1) is 13.8 Å². The van der Waals surface area contributed by atoms with Crippen LogP contribution >= 0.6 is 0 Å². The van der Waals surface area contributed by atoms with Crippen molar-refractivity contribution in [2.24, 2.45) is 0 Å². The van der Waals surface area contributed by atoms with Crippen LogP contribution in [0.15, 0.2) is 18.2 Å². The first kappa shape index (κ1) is 14.5. The molecular formula is C17H27NO. The van der Waals surface area contributed by atoms with E-state index in [1.54, 1.807) is 0 Å². The second-order valence-corrected chi connectivity index (χ2v) is 6.03. The fourth-order valence-electron chi connectivity index (χ4n) is 3.03. The van der Waals surface area contributed by atoms with Gasteiger partial charge in [-0.05, 0) is 69.3 Å². The van der Waals surface area contributed by atoms with Gasteiger partial charge >= 0.3 is 0 Å². The average Bonchev–Trinajstić information content (AvgIpc) is 2.57. The molecule has 1 aliphatic heterocycles. The smallest absolute Gasteiger partial charge is 0.0909 e. The number of likely N-dealkylation sites (tertiary alicyclic amines) is 1. The van der Waals surface area contributed by atoms with Crippen molar-refractivity contribution in [3.8, 4) is 0 Å². The van der Waals surface area contributed by atoms with Crippen LogP contribution in [0.3, 0.4) is 0 Å². The molecule has 1 atom stereocenters. The van der Waals surface area contributed by atoms with Crippen LogP contribution in [0.1, 0.15) is 49.3 Å². The highest BCUT2D eigenvalue weighted by molar-refractivity contribution is 5.33. The number of nitrogens with zero attached hydrogens (tertiary/aromatic N) is 1. The molecule has 1 aromatic carbocycles. The molecule has 1 aromatic rings. The fraction of sp³-hybridized carbons (Fsp3) is 0.647. The summed E-state index contributed by atoms with van der Waals surface area (Å²) in [4.78, 5) is 2.49. The van der Waals surface area contributed by atoms with E-state index in [4.69, 9.17) is 0 Å². The number of hydrogen-bond acceptors (Lipinski definition) is 2. The van der Waals surface area contributed by atoms with Crippen molar-refractivity contribution in [1.82, 2.24) is 4.90 Å². The third-order valence-corrected chi connectivity index (χ3v) is 4.49. The van der Waals surface area contributed by atoms with Gasteiger partial charge < -0.3 is 10.0 Å². The predicted octanol–water partition coefficient (Wildman–Crippen LogP) is 3.39. The molecule has 1 heterocycles. The molecule has 1 fully saturated rings. The van der Waals surface area contributed by atoms with Crippen molar-refractivity contribution in [3.63, 3.8) is 0 Å². The van der Waals surface area contributed by atoms with Crippen LogP contribution in [-0.2, 0) is 5.60 Å². The third kappa shape index (κ3) is 3.37. The van der Waals surface area contributed by atoms with Gasteiger partial charge in [-0.3, -0.25) is 0 Å². The highest BCUT2D eigenvalue weighted by atomic mass is 16.3. The Morgan fingerprint density at radius 2 is 1.95 bits per heavy atom. The first-order valence-corrected chi connectivity index (χ1v) is 7.57. The third-order valence-electron chi connectivity index (χ3n) is 4.49. The zero-order chi connectivity index (χ0) is 13.9. The van der Waals surface area contributed by atoms with Gasteiger partial charge in [0.25, 0.3) is 0 Å². The minimum atomic E-state index is -0.624. The maximum absolute atomic E-state index is 11.0. The maximum atomic E-state index is 11.0. The molecule has 0 radical (unpaired) electrons. The Hall–Kier alpha value is -0.860. The summed E-state index contributed by atoms with van der Waals surface area (Å²) in [6, 6.07) is 6.42. The van der Waals surface area contributed by atoms with Crippen molar-refractivity contribution < 1.29 is 5.11 Å². The average molecular weight is 261 g/mol. The van der Waals surface area contributed by atoms with Crippen LogP contribution in [0.4, 0.5) is 0 Å². The number of aryl methyl sites for hydroxylation is 2. The molecule has 0 aromatic heterocycles. The van der Waals surface area contributed by atoms with E-state index in [0.717, 1.165) is 44.5 Å². The van der Waals surface area contributed by atoms with E-state index in [2.05, 4.69) is 43.9 Å². The lowest BCUT2D eigenvalue weighted by Crippen LogP contribution is -2.29. The zero-order valence-corrected chi connectivity index (χ0v) is 12.6. The van der Waals surface area contributed by atoms with E-state index in [1.807, 2.05) is 0 Å². The summed E-state index contributed by atoms with van der Waals surface area (Å²) >= 11 is 0. The Kier molecular flexibility index (Phi) is 4.64. The van der Waals surface area contributed by atoms with Crippen molar-refractivity contribution in [3.05, 3.63) is 34.9 Å². The van der Waals surface area contributed by atoms with Crippen LogP contribution in [-0.4, -0.2) is 29.6 Å². The first-order chi connectivity index (χ1) is 9.05.